The maximum absolute atomic E-state index is 11.5. The van der Waals surface area contributed by atoms with Gasteiger partial charge in [-0.15, -0.1) is 0 Å². The molecule has 0 aromatic heterocycles. The van der Waals surface area contributed by atoms with Gasteiger partial charge in [0.05, 0.1) is 6.26 Å². The summed E-state index contributed by atoms with van der Waals surface area (Å²) >= 11 is 0. The van der Waals surface area contributed by atoms with E-state index in [9.17, 15) is 27.9 Å². The van der Waals surface area contributed by atoms with Crippen LogP contribution in [0.5, 0.6) is 0 Å². The second-order valence-corrected chi connectivity index (χ2v) is 6.88. The van der Waals surface area contributed by atoms with Crippen molar-refractivity contribution in [2.75, 3.05) is 12.9 Å². The molecule has 1 N–H and O–H groups in total. The molecule has 0 amide bonds. The van der Waals surface area contributed by atoms with E-state index in [-0.39, 0.29) is 0 Å². The average molecular weight is 384 g/mol. The molecule has 0 saturated carbocycles. The summed E-state index contributed by atoms with van der Waals surface area (Å²) in [7, 11) is -4.07. The third kappa shape index (κ3) is 6.94. The fourth-order valence-corrected chi connectivity index (χ4v) is 2.83. The first-order chi connectivity index (χ1) is 11.4. The van der Waals surface area contributed by atoms with Gasteiger partial charge in [-0.1, -0.05) is 0 Å². The number of hydrogen-bond donors (Lipinski definition) is 1. The Balaban J connectivity index is 3.20. The van der Waals surface area contributed by atoms with Crippen LogP contribution in [0.25, 0.3) is 0 Å². The fraction of sp³-hybridized carbons (Fsp3) is 0.769. The molecule has 1 heterocycles. The molecule has 1 fully saturated rings. The summed E-state index contributed by atoms with van der Waals surface area (Å²) in [5, 5.41) is 10.0. The van der Waals surface area contributed by atoms with Gasteiger partial charge in [0, 0.05) is 20.8 Å². The first kappa shape index (κ1) is 21.3. The zero-order valence-corrected chi connectivity index (χ0v) is 14.8. The highest BCUT2D eigenvalue weighted by Gasteiger charge is 2.51. The van der Waals surface area contributed by atoms with E-state index in [1.54, 1.807) is 0 Å². The third-order valence-electron chi connectivity index (χ3n) is 2.95. The summed E-state index contributed by atoms with van der Waals surface area (Å²) in [6.07, 6.45) is -6.90. The van der Waals surface area contributed by atoms with Gasteiger partial charge in [-0.2, -0.15) is 8.42 Å². The molecule has 0 spiro atoms. The van der Waals surface area contributed by atoms with Gasteiger partial charge < -0.3 is 24.1 Å². The van der Waals surface area contributed by atoms with Crippen molar-refractivity contribution in [3.05, 3.63) is 0 Å². The van der Waals surface area contributed by atoms with Crippen LogP contribution in [0.1, 0.15) is 20.8 Å². The number of carbonyl (C=O) groups is 3. The topological polar surface area (TPSA) is 152 Å². The molecular weight excluding hydrogens is 364 g/mol. The molecule has 12 heteroatoms. The van der Waals surface area contributed by atoms with Gasteiger partial charge in [0.15, 0.2) is 18.5 Å². The Morgan fingerprint density at radius 1 is 0.960 bits per heavy atom. The molecular formula is C13H20O11S. The van der Waals surface area contributed by atoms with E-state index < -0.39 is 65.3 Å². The number of ether oxygens (including phenoxy) is 4. The summed E-state index contributed by atoms with van der Waals surface area (Å²) in [4.78, 5) is 33.6. The lowest BCUT2D eigenvalue weighted by Crippen LogP contribution is -2.62. The van der Waals surface area contributed by atoms with Crippen LogP contribution in [0, 0.1) is 0 Å². The van der Waals surface area contributed by atoms with Crippen LogP contribution in [0.3, 0.4) is 0 Å². The molecule has 0 aromatic rings. The minimum absolute atomic E-state index is 0.489. The van der Waals surface area contributed by atoms with Gasteiger partial charge in [0.2, 0.25) is 0 Å². The average Bonchev–Trinajstić information content (AvgIpc) is 2.41. The van der Waals surface area contributed by atoms with Crippen molar-refractivity contribution in [2.45, 2.75) is 51.5 Å². The van der Waals surface area contributed by atoms with Gasteiger partial charge in [-0.3, -0.25) is 18.6 Å². The number of aliphatic hydroxyl groups excluding tert-OH is 1. The van der Waals surface area contributed by atoms with Crippen LogP contribution in [0.4, 0.5) is 0 Å². The van der Waals surface area contributed by atoms with E-state index >= 15 is 0 Å². The summed E-state index contributed by atoms with van der Waals surface area (Å²) < 4.78 is 47.7. The van der Waals surface area contributed by atoms with Crippen LogP contribution in [-0.2, 0) is 47.6 Å². The Hall–Kier alpha value is -1.76. The molecule has 5 unspecified atom stereocenters. The van der Waals surface area contributed by atoms with Crippen LogP contribution < -0.4 is 0 Å². The van der Waals surface area contributed by atoms with Gasteiger partial charge in [0.25, 0.3) is 10.1 Å². The Morgan fingerprint density at radius 2 is 1.48 bits per heavy atom. The molecule has 0 aliphatic carbocycles. The Morgan fingerprint density at radius 3 is 1.92 bits per heavy atom. The normalized spacial score (nSPS) is 29.6. The van der Waals surface area contributed by atoms with Crippen molar-refractivity contribution in [3.8, 4) is 0 Å². The maximum Gasteiger partial charge on any atom is 0.303 e. The first-order valence-electron chi connectivity index (χ1n) is 7.10. The predicted molar refractivity (Wildman–Crippen MR) is 78.3 cm³/mol. The molecule has 0 bridgehead atoms. The van der Waals surface area contributed by atoms with E-state index in [1.807, 2.05) is 0 Å². The lowest BCUT2D eigenvalue weighted by atomic mass is 9.98. The Bertz CT molecular complexity index is 613. The van der Waals surface area contributed by atoms with Crippen molar-refractivity contribution in [3.63, 3.8) is 0 Å². The van der Waals surface area contributed by atoms with Gasteiger partial charge in [0.1, 0.15) is 18.8 Å². The SMILES string of the molecule is CC(=O)OCC1OC(O)C(OC(C)=O)C(OC(C)=O)C1OS(C)(=O)=O. The van der Waals surface area contributed by atoms with Crippen molar-refractivity contribution in [1.82, 2.24) is 0 Å². The number of rotatable bonds is 6. The van der Waals surface area contributed by atoms with Crippen LogP contribution in [-0.4, -0.2) is 75.0 Å². The van der Waals surface area contributed by atoms with E-state index in [0.29, 0.717) is 0 Å². The van der Waals surface area contributed by atoms with E-state index in [2.05, 4.69) is 0 Å². The number of carbonyl (C=O) groups excluding carboxylic acids is 3. The van der Waals surface area contributed by atoms with E-state index in [1.165, 1.54) is 0 Å². The third-order valence-corrected chi connectivity index (χ3v) is 3.52. The molecule has 0 radical (unpaired) electrons. The summed E-state index contributed by atoms with van der Waals surface area (Å²) in [6.45, 7) is 2.69. The molecule has 144 valence electrons. The molecule has 0 aromatic carbocycles. The lowest BCUT2D eigenvalue weighted by Gasteiger charge is -2.42. The highest BCUT2D eigenvalue weighted by atomic mass is 32.2. The molecule has 1 aliphatic heterocycles. The summed E-state index contributed by atoms with van der Waals surface area (Å²) in [5.41, 5.74) is 0. The Labute approximate surface area is 144 Å². The lowest BCUT2D eigenvalue weighted by molar-refractivity contribution is -0.289. The molecule has 25 heavy (non-hydrogen) atoms. The zero-order chi connectivity index (χ0) is 19.4. The summed E-state index contributed by atoms with van der Waals surface area (Å²) in [6, 6.07) is 0. The minimum Gasteiger partial charge on any atom is -0.463 e. The minimum atomic E-state index is -4.07. The summed E-state index contributed by atoms with van der Waals surface area (Å²) in [5.74, 6) is -2.37. The number of esters is 3. The van der Waals surface area contributed by atoms with Gasteiger partial charge in [-0.05, 0) is 0 Å². The highest BCUT2D eigenvalue weighted by molar-refractivity contribution is 7.86. The highest BCUT2D eigenvalue weighted by Crippen LogP contribution is 2.28. The quantitative estimate of drug-likeness (QED) is 0.323. The van der Waals surface area contributed by atoms with Gasteiger partial charge in [-0.25, -0.2) is 0 Å². The van der Waals surface area contributed by atoms with Gasteiger partial charge >= 0.3 is 17.9 Å². The van der Waals surface area contributed by atoms with Crippen molar-refractivity contribution in [1.29, 1.82) is 0 Å². The monoisotopic (exact) mass is 384 g/mol. The largest absolute Gasteiger partial charge is 0.463 e. The smallest absolute Gasteiger partial charge is 0.303 e. The standard InChI is InChI=1S/C13H20O11S/c1-6(14)20-5-9-10(24-25(4,18)19)11(21-7(2)15)12(13(17)23-9)22-8(3)16/h9-13,17H,5H2,1-4H3. The number of aliphatic hydroxyl groups is 1. The molecule has 1 saturated heterocycles. The van der Waals surface area contributed by atoms with Crippen LogP contribution in [0.2, 0.25) is 0 Å². The predicted octanol–water partition coefficient (Wildman–Crippen LogP) is -1.53. The second-order valence-electron chi connectivity index (χ2n) is 5.28. The maximum atomic E-state index is 11.5. The van der Waals surface area contributed by atoms with E-state index in [4.69, 9.17) is 23.1 Å². The molecule has 1 rings (SSSR count). The molecule has 11 nitrogen and oxygen atoms in total. The second kappa shape index (κ2) is 8.56. The van der Waals surface area contributed by atoms with Crippen molar-refractivity contribution in [2.24, 2.45) is 0 Å². The van der Waals surface area contributed by atoms with Crippen LogP contribution >= 0.6 is 0 Å². The fourth-order valence-electron chi connectivity index (χ4n) is 2.19. The van der Waals surface area contributed by atoms with Crippen molar-refractivity contribution < 1.29 is 51.0 Å². The van der Waals surface area contributed by atoms with Crippen molar-refractivity contribution >= 4 is 28.0 Å². The van der Waals surface area contributed by atoms with Crippen LogP contribution in [0.15, 0.2) is 0 Å². The van der Waals surface area contributed by atoms with E-state index in [0.717, 1.165) is 27.0 Å². The first-order valence-corrected chi connectivity index (χ1v) is 8.92. The zero-order valence-electron chi connectivity index (χ0n) is 14.0. The number of hydrogen-bond acceptors (Lipinski definition) is 11. The molecule has 1 aliphatic rings. The molecule has 5 atom stereocenters. The Kier molecular flexibility index (Phi) is 7.29.